The fourth-order valence-corrected chi connectivity index (χ4v) is 2.47. The molecule has 0 aromatic heterocycles. The molecule has 1 rings (SSSR count). The molecule has 84 valence electrons. The third kappa shape index (κ3) is 3.81. The van der Waals surface area contributed by atoms with Crippen LogP contribution in [0.3, 0.4) is 0 Å². The van der Waals surface area contributed by atoms with E-state index in [1.54, 1.807) is 12.1 Å². The third-order valence-electron chi connectivity index (χ3n) is 2.06. The fourth-order valence-electron chi connectivity index (χ4n) is 1.29. The third-order valence-corrected chi connectivity index (χ3v) is 3.49. The lowest BCUT2D eigenvalue weighted by atomic mass is 10.1. The minimum atomic E-state index is -3.63. The van der Waals surface area contributed by atoms with E-state index in [0.717, 1.165) is 12.1 Å². The molecule has 0 saturated carbocycles. The predicted octanol–water partition coefficient (Wildman–Crippen LogP) is 1.72. The molecule has 3 nitrogen and oxygen atoms in total. The van der Waals surface area contributed by atoms with Gasteiger partial charge in [0.25, 0.3) is 9.05 Å². The second-order valence-corrected chi connectivity index (χ2v) is 6.13. The molecule has 0 unspecified atom stereocenters. The molecule has 0 fully saturated rings. The predicted molar refractivity (Wildman–Crippen MR) is 61.7 cm³/mol. The van der Waals surface area contributed by atoms with Gasteiger partial charge in [-0.05, 0) is 32.1 Å². The lowest BCUT2D eigenvalue weighted by Gasteiger charge is -2.11. The van der Waals surface area contributed by atoms with Crippen molar-refractivity contribution in [2.24, 2.45) is 0 Å². The van der Waals surface area contributed by atoms with E-state index in [1.807, 2.05) is 25.1 Å². The highest BCUT2D eigenvalue weighted by molar-refractivity contribution is 8.13. The molecule has 1 aromatic carbocycles. The highest BCUT2D eigenvalue weighted by Crippen LogP contribution is 2.20. The van der Waals surface area contributed by atoms with Gasteiger partial charge in [0.15, 0.2) is 0 Å². The van der Waals surface area contributed by atoms with Crippen LogP contribution in [0.4, 0.5) is 0 Å². The van der Waals surface area contributed by atoms with Crippen LogP contribution in [0, 0.1) is 0 Å². The summed E-state index contributed by atoms with van der Waals surface area (Å²) in [5, 5.41) is 0. The minimum Gasteiger partial charge on any atom is -0.309 e. The molecule has 0 radical (unpaired) electrons. The van der Waals surface area contributed by atoms with Gasteiger partial charge in [-0.25, -0.2) is 8.42 Å². The van der Waals surface area contributed by atoms with Crippen molar-refractivity contribution >= 4 is 19.7 Å². The minimum absolute atomic E-state index is 0.216. The van der Waals surface area contributed by atoms with E-state index < -0.39 is 9.05 Å². The summed E-state index contributed by atoms with van der Waals surface area (Å²) in [5.74, 6) is 0. The number of hydrogen-bond acceptors (Lipinski definition) is 3. The van der Waals surface area contributed by atoms with Gasteiger partial charge >= 0.3 is 0 Å². The summed E-state index contributed by atoms with van der Waals surface area (Å²) in [6.07, 6.45) is 0.676. The van der Waals surface area contributed by atoms with Crippen LogP contribution >= 0.6 is 10.7 Å². The Morgan fingerprint density at radius 1 is 1.27 bits per heavy atom. The Kier molecular flexibility index (Phi) is 4.13. The molecule has 0 atom stereocenters. The maximum atomic E-state index is 11.3. The summed E-state index contributed by atoms with van der Waals surface area (Å²) in [6.45, 7) is 0.795. The van der Waals surface area contributed by atoms with Crippen LogP contribution in [-0.4, -0.2) is 34.0 Å². The lowest BCUT2D eigenvalue weighted by Crippen LogP contribution is -2.16. The fraction of sp³-hybridized carbons (Fsp3) is 0.400. The zero-order valence-electron chi connectivity index (χ0n) is 8.77. The molecule has 5 heteroatoms. The Morgan fingerprint density at radius 3 is 2.40 bits per heavy atom. The zero-order chi connectivity index (χ0) is 11.5. The van der Waals surface area contributed by atoms with Crippen molar-refractivity contribution in [3.8, 4) is 0 Å². The van der Waals surface area contributed by atoms with E-state index >= 15 is 0 Å². The highest BCUT2D eigenvalue weighted by Gasteiger charge is 2.14. The maximum Gasteiger partial charge on any atom is 0.261 e. The number of benzene rings is 1. The van der Waals surface area contributed by atoms with E-state index in [0.29, 0.717) is 6.42 Å². The summed E-state index contributed by atoms with van der Waals surface area (Å²) >= 11 is 0. The number of nitrogens with zero attached hydrogens (tertiary/aromatic N) is 1. The molecule has 0 N–H and O–H groups in total. The molecular weight excluding hydrogens is 234 g/mol. The van der Waals surface area contributed by atoms with Crippen molar-refractivity contribution in [3.63, 3.8) is 0 Å². The first-order valence-corrected chi connectivity index (χ1v) is 6.89. The Bertz CT molecular complexity index is 429. The molecule has 0 heterocycles. The second kappa shape index (κ2) is 4.96. The maximum absolute atomic E-state index is 11.3. The topological polar surface area (TPSA) is 37.4 Å². The van der Waals surface area contributed by atoms with Crippen LogP contribution < -0.4 is 0 Å². The van der Waals surface area contributed by atoms with E-state index in [9.17, 15) is 8.42 Å². The van der Waals surface area contributed by atoms with Gasteiger partial charge in [0.1, 0.15) is 0 Å². The molecule has 0 bridgehead atoms. The van der Waals surface area contributed by atoms with Crippen molar-refractivity contribution in [1.29, 1.82) is 0 Å². The van der Waals surface area contributed by atoms with Crippen molar-refractivity contribution in [2.75, 3.05) is 20.6 Å². The van der Waals surface area contributed by atoms with Crippen molar-refractivity contribution < 1.29 is 8.42 Å². The first-order valence-electron chi connectivity index (χ1n) is 4.58. The van der Waals surface area contributed by atoms with E-state index in [2.05, 4.69) is 0 Å². The molecule has 0 aliphatic heterocycles. The molecular formula is C10H14ClNO2S. The Labute approximate surface area is 95.1 Å². The van der Waals surface area contributed by atoms with Crippen LogP contribution in [0.15, 0.2) is 29.2 Å². The molecule has 15 heavy (non-hydrogen) atoms. The average molecular weight is 248 g/mol. The van der Waals surface area contributed by atoms with Crippen LogP contribution in [-0.2, 0) is 15.5 Å². The van der Waals surface area contributed by atoms with E-state index in [-0.39, 0.29) is 4.90 Å². The van der Waals surface area contributed by atoms with Gasteiger partial charge < -0.3 is 4.90 Å². The van der Waals surface area contributed by atoms with Crippen LogP contribution in [0.2, 0.25) is 0 Å². The van der Waals surface area contributed by atoms with Gasteiger partial charge in [-0.1, -0.05) is 18.2 Å². The molecule has 0 aliphatic carbocycles. The summed E-state index contributed by atoms with van der Waals surface area (Å²) in [4.78, 5) is 2.21. The Balaban J connectivity index is 2.98. The second-order valence-electron chi connectivity index (χ2n) is 3.60. The van der Waals surface area contributed by atoms with E-state index in [4.69, 9.17) is 10.7 Å². The van der Waals surface area contributed by atoms with Crippen LogP contribution in [0.1, 0.15) is 5.56 Å². The highest BCUT2D eigenvalue weighted by atomic mass is 35.7. The summed E-state index contributed by atoms with van der Waals surface area (Å²) < 4.78 is 22.5. The molecule has 0 amide bonds. The number of hydrogen-bond donors (Lipinski definition) is 0. The summed E-state index contributed by atoms with van der Waals surface area (Å²) in [6, 6.07) is 6.82. The molecule has 1 aromatic rings. The SMILES string of the molecule is CN(C)CCc1ccccc1S(=O)(=O)Cl. The standard InChI is InChI=1S/C10H14ClNO2S/c1-12(2)8-7-9-5-3-4-6-10(9)15(11,13)14/h3-6H,7-8H2,1-2H3. The first kappa shape index (κ1) is 12.5. The smallest absolute Gasteiger partial charge is 0.261 e. The lowest BCUT2D eigenvalue weighted by molar-refractivity contribution is 0.412. The summed E-state index contributed by atoms with van der Waals surface area (Å²) in [5.41, 5.74) is 0.765. The van der Waals surface area contributed by atoms with Crippen LogP contribution in [0.25, 0.3) is 0 Å². The average Bonchev–Trinajstić information content (AvgIpc) is 2.13. The molecule has 0 aliphatic rings. The quantitative estimate of drug-likeness (QED) is 0.761. The Morgan fingerprint density at radius 2 is 1.87 bits per heavy atom. The van der Waals surface area contributed by atoms with Gasteiger partial charge in [-0.15, -0.1) is 0 Å². The van der Waals surface area contributed by atoms with Gasteiger partial charge in [0, 0.05) is 17.2 Å². The number of halogens is 1. The summed E-state index contributed by atoms with van der Waals surface area (Å²) in [7, 11) is 5.59. The van der Waals surface area contributed by atoms with Crippen molar-refractivity contribution in [1.82, 2.24) is 4.90 Å². The largest absolute Gasteiger partial charge is 0.309 e. The van der Waals surface area contributed by atoms with Gasteiger partial charge in [0.05, 0.1) is 4.90 Å². The molecule has 0 spiro atoms. The normalized spacial score (nSPS) is 12.0. The van der Waals surface area contributed by atoms with Gasteiger partial charge in [-0.2, -0.15) is 0 Å². The first-order chi connectivity index (χ1) is 6.91. The number of likely N-dealkylation sites (N-methyl/N-ethyl adjacent to an activating group) is 1. The van der Waals surface area contributed by atoms with E-state index in [1.165, 1.54) is 6.07 Å². The van der Waals surface area contributed by atoms with Crippen molar-refractivity contribution in [3.05, 3.63) is 29.8 Å². The monoisotopic (exact) mass is 247 g/mol. The molecule has 0 saturated heterocycles. The van der Waals surface area contributed by atoms with Crippen molar-refractivity contribution in [2.45, 2.75) is 11.3 Å². The number of rotatable bonds is 4. The van der Waals surface area contributed by atoms with Gasteiger partial charge in [0.2, 0.25) is 0 Å². The van der Waals surface area contributed by atoms with Crippen LogP contribution in [0.5, 0.6) is 0 Å². The van der Waals surface area contributed by atoms with Gasteiger partial charge in [-0.3, -0.25) is 0 Å². The Hall–Kier alpha value is -0.580. The zero-order valence-corrected chi connectivity index (χ0v) is 10.3.